The van der Waals surface area contributed by atoms with Gasteiger partial charge in [-0.05, 0) is 42.5 Å². The van der Waals surface area contributed by atoms with Gasteiger partial charge in [0.05, 0.1) is 0 Å². The van der Waals surface area contributed by atoms with Crippen molar-refractivity contribution in [3.63, 3.8) is 0 Å². The van der Waals surface area contributed by atoms with Gasteiger partial charge in [-0.25, -0.2) is 0 Å². The molecule has 0 aromatic heterocycles. The molecule has 1 aliphatic rings. The molecule has 0 fully saturated rings. The summed E-state index contributed by atoms with van der Waals surface area (Å²) in [4.78, 5) is 0. The van der Waals surface area contributed by atoms with E-state index in [0.717, 1.165) is 25.1 Å². The smallest absolute Gasteiger partial charge is 0.123 e. The first-order valence-electron chi connectivity index (χ1n) is 7.42. The second-order valence-electron chi connectivity index (χ2n) is 6.87. The first-order chi connectivity index (χ1) is 8.89. The molecule has 1 aliphatic heterocycles. The summed E-state index contributed by atoms with van der Waals surface area (Å²) >= 11 is 0. The molecule has 1 heterocycles. The fraction of sp³-hybridized carbons (Fsp3) is 0.647. The van der Waals surface area contributed by atoms with Crippen LogP contribution in [0.4, 0.5) is 0 Å². The normalized spacial score (nSPS) is 19.9. The van der Waals surface area contributed by atoms with Crippen LogP contribution in [-0.4, -0.2) is 12.6 Å². The van der Waals surface area contributed by atoms with E-state index in [-0.39, 0.29) is 0 Å². The zero-order valence-electron chi connectivity index (χ0n) is 12.9. The highest BCUT2D eigenvalue weighted by atomic mass is 16.5. The molecule has 0 spiro atoms. The van der Waals surface area contributed by atoms with Gasteiger partial charge in [0.15, 0.2) is 0 Å². The molecule has 1 aromatic rings. The van der Waals surface area contributed by atoms with Crippen molar-refractivity contribution in [3.05, 3.63) is 29.3 Å². The minimum absolute atomic E-state index is 0.324. The highest BCUT2D eigenvalue weighted by Gasteiger charge is 2.23. The maximum atomic E-state index is 5.78. The lowest BCUT2D eigenvalue weighted by atomic mass is 9.85. The summed E-state index contributed by atoms with van der Waals surface area (Å²) in [5, 5.41) is 3.62. The van der Waals surface area contributed by atoms with Crippen LogP contribution in [0.1, 0.15) is 58.2 Å². The van der Waals surface area contributed by atoms with E-state index < -0.39 is 0 Å². The molecule has 0 saturated carbocycles. The number of hydrogen-bond donors (Lipinski definition) is 1. The lowest BCUT2D eigenvalue weighted by Gasteiger charge is -2.27. The number of benzene rings is 1. The summed E-state index contributed by atoms with van der Waals surface area (Å²) in [5.74, 6) is 1.07. The van der Waals surface area contributed by atoms with Crippen LogP contribution in [-0.2, 0) is 6.42 Å². The number of nitrogens with one attached hydrogen (secondary N) is 1. The third-order valence-electron chi connectivity index (χ3n) is 3.59. The van der Waals surface area contributed by atoms with Gasteiger partial charge in [-0.1, -0.05) is 39.8 Å². The summed E-state index contributed by atoms with van der Waals surface area (Å²) in [6, 6.07) is 7.13. The molecule has 2 atom stereocenters. The molecule has 0 aliphatic carbocycles. The van der Waals surface area contributed by atoms with Crippen LogP contribution in [0.15, 0.2) is 18.2 Å². The zero-order valence-corrected chi connectivity index (χ0v) is 12.9. The monoisotopic (exact) mass is 261 g/mol. The van der Waals surface area contributed by atoms with Crippen molar-refractivity contribution in [2.45, 2.75) is 59.6 Å². The van der Waals surface area contributed by atoms with Crippen LogP contribution >= 0.6 is 0 Å². The lowest BCUT2D eigenvalue weighted by molar-refractivity contribution is 0.254. The zero-order chi connectivity index (χ0) is 14.0. The van der Waals surface area contributed by atoms with Crippen molar-refractivity contribution < 1.29 is 4.74 Å². The van der Waals surface area contributed by atoms with Gasteiger partial charge >= 0.3 is 0 Å². The SMILES string of the molecule is CCNC(CC(C)(C)C)c1ccc2c(c1)CC(C)O2. The van der Waals surface area contributed by atoms with E-state index in [1.54, 1.807) is 0 Å². The van der Waals surface area contributed by atoms with Gasteiger partial charge in [0.25, 0.3) is 0 Å². The third kappa shape index (κ3) is 3.73. The minimum Gasteiger partial charge on any atom is -0.490 e. The summed E-state index contributed by atoms with van der Waals surface area (Å²) < 4.78 is 5.78. The molecule has 1 aromatic carbocycles. The largest absolute Gasteiger partial charge is 0.490 e. The van der Waals surface area contributed by atoms with Crippen molar-refractivity contribution >= 4 is 0 Å². The van der Waals surface area contributed by atoms with Gasteiger partial charge in [0.2, 0.25) is 0 Å². The molecule has 0 radical (unpaired) electrons. The molecule has 2 nitrogen and oxygen atoms in total. The fourth-order valence-electron chi connectivity index (χ4n) is 2.83. The van der Waals surface area contributed by atoms with Crippen molar-refractivity contribution in [3.8, 4) is 5.75 Å². The molecule has 1 N–H and O–H groups in total. The van der Waals surface area contributed by atoms with E-state index in [2.05, 4.69) is 58.1 Å². The second kappa shape index (κ2) is 5.54. The Labute approximate surface area is 117 Å². The van der Waals surface area contributed by atoms with E-state index in [1.807, 2.05) is 0 Å². The molecule has 19 heavy (non-hydrogen) atoms. The maximum absolute atomic E-state index is 5.78. The van der Waals surface area contributed by atoms with Crippen LogP contribution in [0.2, 0.25) is 0 Å². The van der Waals surface area contributed by atoms with E-state index in [4.69, 9.17) is 4.74 Å². The highest BCUT2D eigenvalue weighted by molar-refractivity contribution is 5.41. The van der Waals surface area contributed by atoms with Crippen molar-refractivity contribution in [1.82, 2.24) is 5.32 Å². The van der Waals surface area contributed by atoms with E-state index in [9.17, 15) is 0 Å². The van der Waals surface area contributed by atoms with Gasteiger partial charge in [-0.3, -0.25) is 0 Å². The van der Waals surface area contributed by atoms with Crippen LogP contribution in [0.25, 0.3) is 0 Å². The van der Waals surface area contributed by atoms with E-state index in [0.29, 0.717) is 17.6 Å². The molecule has 0 amide bonds. The summed E-state index contributed by atoms with van der Waals surface area (Å²) in [6.45, 7) is 12.2. The Kier molecular flexibility index (Phi) is 4.19. The molecule has 2 rings (SSSR count). The molecule has 0 saturated heterocycles. The van der Waals surface area contributed by atoms with Gasteiger partial charge in [0, 0.05) is 12.5 Å². The van der Waals surface area contributed by atoms with Crippen molar-refractivity contribution in [2.24, 2.45) is 5.41 Å². The minimum atomic E-state index is 0.324. The Hall–Kier alpha value is -1.02. The van der Waals surface area contributed by atoms with Gasteiger partial charge in [-0.2, -0.15) is 0 Å². The predicted octanol–water partition coefficient (Wildman–Crippen LogP) is 4.10. The van der Waals surface area contributed by atoms with Gasteiger partial charge in [-0.15, -0.1) is 0 Å². The number of fused-ring (bicyclic) bond motifs is 1. The van der Waals surface area contributed by atoms with Gasteiger partial charge < -0.3 is 10.1 Å². The first-order valence-corrected chi connectivity index (χ1v) is 7.42. The van der Waals surface area contributed by atoms with Crippen molar-refractivity contribution in [2.75, 3.05) is 6.54 Å². The third-order valence-corrected chi connectivity index (χ3v) is 3.59. The average Bonchev–Trinajstić information content (AvgIpc) is 2.65. The van der Waals surface area contributed by atoms with Crippen LogP contribution < -0.4 is 10.1 Å². The first kappa shape index (κ1) is 14.4. The van der Waals surface area contributed by atoms with E-state index in [1.165, 1.54) is 11.1 Å². The molecular weight excluding hydrogens is 234 g/mol. The Morgan fingerprint density at radius 2 is 2.11 bits per heavy atom. The molecule has 2 unspecified atom stereocenters. The lowest BCUT2D eigenvalue weighted by Crippen LogP contribution is -2.25. The van der Waals surface area contributed by atoms with Crippen LogP contribution in [0, 0.1) is 5.41 Å². The Morgan fingerprint density at radius 3 is 2.74 bits per heavy atom. The Bertz CT molecular complexity index is 433. The number of rotatable bonds is 4. The van der Waals surface area contributed by atoms with Crippen LogP contribution in [0.5, 0.6) is 5.75 Å². The highest BCUT2D eigenvalue weighted by Crippen LogP contribution is 2.34. The Balaban J connectivity index is 2.20. The van der Waals surface area contributed by atoms with Crippen molar-refractivity contribution in [1.29, 1.82) is 0 Å². The predicted molar refractivity (Wildman–Crippen MR) is 80.7 cm³/mol. The quantitative estimate of drug-likeness (QED) is 0.881. The van der Waals surface area contributed by atoms with Gasteiger partial charge in [0.1, 0.15) is 11.9 Å². The molecule has 2 heteroatoms. The Morgan fingerprint density at radius 1 is 1.37 bits per heavy atom. The maximum Gasteiger partial charge on any atom is 0.123 e. The summed E-state index contributed by atoms with van der Waals surface area (Å²) in [5.41, 5.74) is 3.09. The molecular formula is C17H27NO. The average molecular weight is 261 g/mol. The summed E-state index contributed by atoms with van der Waals surface area (Å²) in [7, 11) is 0. The number of hydrogen-bond acceptors (Lipinski definition) is 2. The summed E-state index contributed by atoms with van der Waals surface area (Å²) in [6.07, 6.45) is 2.51. The number of ether oxygens (including phenoxy) is 1. The fourth-order valence-corrected chi connectivity index (χ4v) is 2.83. The van der Waals surface area contributed by atoms with Crippen LogP contribution in [0.3, 0.4) is 0 Å². The molecule has 0 bridgehead atoms. The topological polar surface area (TPSA) is 21.3 Å². The second-order valence-corrected chi connectivity index (χ2v) is 6.87. The standard InChI is InChI=1S/C17H27NO/c1-6-18-15(11-17(3,4)5)13-7-8-16-14(10-13)9-12(2)19-16/h7-8,10,12,15,18H,6,9,11H2,1-5H3. The van der Waals surface area contributed by atoms with E-state index >= 15 is 0 Å². The molecule has 106 valence electrons.